The average molecular weight is 361 g/mol. The summed E-state index contributed by atoms with van der Waals surface area (Å²) < 4.78 is 13.5. The molecular weight excluding hydrogens is 334 g/mol. The van der Waals surface area contributed by atoms with Gasteiger partial charge in [0.2, 0.25) is 0 Å². The van der Waals surface area contributed by atoms with E-state index in [-0.39, 0.29) is 18.9 Å². The molecule has 2 atom stereocenters. The molecule has 0 aromatic carbocycles. The number of aliphatic hydroxyl groups is 1. The highest BCUT2D eigenvalue weighted by Crippen LogP contribution is 2.31. The van der Waals surface area contributed by atoms with Gasteiger partial charge in [-0.2, -0.15) is 9.97 Å². The molecule has 1 aliphatic carbocycles. The number of aliphatic hydroxyl groups excluding tert-OH is 1. The Labute approximate surface area is 152 Å². The lowest BCUT2D eigenvalue weighted by molar-refractivity contribution is -0.0207. The Hall–Kier alpha value is -1.93. The van der Waals surface area contributed by atoms with E-state index in [4.69, 9.17) is 15.2 Å². The summed E-state index contributed by atoms with van der Waals surface area (Å²) in [7, 11) is 0. The summed E-state index contributed by atoms with van der Waals surface area (Å²) >= 11 is 0. The van der Waals surface area contributed by atoms with Crippen molar-refractivity contribution in [1.82, 2.24) is 19.5 Å². The van der Waals surface area contributed by atoms with Crippen LogP contribution < -0.4 is 10.5 Å². The van der Waals surface area contributed by atoms with Gasteiger partial charge in [-0.1, -0.05) is 32.1 Å². The zero-order valence-corrected chi connectivity index (χ0v) is 15.0. The number of anilines is 1. The van der Waals surface area contributed by atoms with E-state index in [1.165, 1.54) is 32.1 Å². The number of nitrogens with zero attached hydrogens (tertiary/aromatic N) is 4. The van der Waals surface area contributed by atoms with Crippen LogP contribution >= 0.6 is 0 Å². The van der Waals surface area contributed by atoms with Crippen molar-refractivity contribution in [2.24, 2.45) is 5.92 Å². The van der Waals surface area contributed by atoms with Gasteiger partial charge in [0, 0.05) is 0 Å². The maximum Gasteiger partial charge on any atom is 0.320 e. The van der Waals surface area contributed by atoms with Gasteiger partial charge >= 0.3 is 6.01 Å². The molecule has 2 fully saturated rings. The topological polar surface area (TPSA) is 108 Å². The van der Waals surface area contributed by atoms with Crippen molar-refractivity contribution >= 4 is 17.0 Å². The smallest absolute Gasteiger partial charge is 0.320 e. The third-order valence-electron chi connectivity index (χ3n) is 5.51. The molecule has 3 N–H and O–H groups in total. The fourth-order valence-corrected chi connectivity index (χ4v) is 4.01. The Balaban J connectivity index is 1.46. The first-order chi connectivity index (χ1) is 12.7. The molecule has 0 spiro atoms. The number of fused-ring (bicyclic) bond motifs is 1. The molecular formula is C18H27N5O3. The highest BCUT2D eigenvalue weighted by atomic mass is 16.5. The molecule has 8 heteroatoms. The monoisotopic (exact) mass is 361 g/mol. The number of nitrogens with two attached hydrogens (primary N) is 1. The number of hydrogen-bond donors (Lipinski definition) is 2. The molecule has 2 aliphatic rings. The minimum atomic E-state index is -0.193. The lowest BCUT2D eigenvalue weighted by Gasteiger charge is -2.21. The van der Waals surface area contributed by atoms with E-state index < -0.39 is 0 Å². The van der Waals surface area contributed by atoms with E-state index in [0.29, 0.717) is 29.6 Å². The largest absolute Gasteiger partial charge is 0.463 e. The first-order valence-electron chi connectivity index (χ1n) is 9.63. The molecule has 1 saturated carbocycles. The van der Waals surface area contributed by atoms with E-state index in [1.807, 2.05) is 4.57 Å². The van der Waals surface area contributed by atoms with Crippen molar-refractivity contribution in [2.75, 3.05) is 18.9 Å². The third-order valence-corrected chi connectivity index (χ3v) is 5.51. The number of hydrogen-bond acceptors (Lipinski definition) is 7. The predicted molar refractivity (Wildman–Crippen MR) is 96.7 cm³/mol. The minimum Gasteiger partial charge on any atom is -0.463 e. The maximum atomic E-state index is 9.27. The van der Waals surface area contributed by atoms with E-state index in [9.17, 15) is 5.11 Å². The summed E-state index contributed by atoms with van der Waals surface area (Å²) in [4.78, 5) is 13.1. The Morgan fingerprint density at radius 2 is 2.04 bits per heavy atom. The number of aromatic nitrogens is 4. The molecule has 8 nitrogen and oxygen atoms in total. The normalized spacial score (nSPS) is 24.3. The zero-order chi connectivity index (χ0) is 17.9. The first kappa shape index (κ1) is 17.5. The van der Waals surface area contributed by atoms with Gasteiger partial charge in [0.05, 0.1) is 25.6 Å². The van der Waals surface area contributed by atoms with Crippen LogP contribution in [0, 0.1) is 5.92 Å². The van der Waals surface area contributed by atoms with Crippen LogP contribution in [0.2, 0.25) is 0 Å². The summed E-state index contributed by atoms with van der Waals surface area (Å²) in [6.45, 7) is 0.631. The predicted octanol–water partition coefficient (Wildman–Crippen LogP) is 2.43. The van der Waals surface area contributed by atoms with Gasteiger partial charge in [-0.15, -0.1) is 0 Å². The van der Waals surface area contributed by atoms with Crippen LogP contribution in [-0.4, -0.2) is 43.9 Å². The van der Waals surface area contributed by atoms with Crippen LogP contribution in [0.4, 0.5) is 5.82 Å². The summed E-state index contributed by atoms with van der Waals surface area (Å²) in [5.74, 6) is 1.07. The van der Waals surface area contributed by atoms with E-state index >= 15 is 0 Å². The summed E-state index contributed by atoms with van der Waals surface area (Å²) in [5.41, 5.74) is 7.22. The molecule has 2 aromatic rings. The number of nitrogen functional groups attached to an aromatic ring is 1. The molecule has 1 saturated heterocycles. The van der Waals surface area contributed by atoms with Gasteiger partial charge in [-0.25, -0.2) is 4.98 Å². The Morgan fingerprint density at radius 3 is 2.81 bits per heavy atom. The van der Waals surface area contributed by atoms with Crippen LogP contribution in [0.1, 0.15) is 57.6 Å². The second kappa shape index (κ2) is 7.75. The molecule has 4 rings (SSSR count). The van der Waals surface area contributed by atoms with Crippen molar-refractivity contribution in [3.8, 4) is 6.01 Å². The molecule has 1 aliphatic heterocycles. The summed E-state index contributed by atoms with van der Waals surface area (Å²) in [6, 6.07) is 0.296. The van der Waals surface area contributed by atoms with Crippen LogP contribution in [0.25, 0.3) is 11.2 Å². The average Bonchev–Trinajstić information content (AvgIpc) is 3.29. The minimum absolute atomic E-state index is 0.0236. The number of rotatable bonds is 6. The lowest BCUT2D eigenvalue weighted by Crippen LogP contribution is -2.15. The highest BCUT2D eigenvalue weighted by Gasteiger charge is 2.28. The maximum absolute atomic E-state index is 9.27. The fourth-order valence-electron chi connectivity index (χ4n) is 4.01. The van der Waals surface area contributed by atoms with Crippen LogP contribution in [-0.2, 0) is 4.74 Å². The quantitative estimate of drug-likeness (QED) is 0.813. The number of ether oxygens (including phenoxy) is 2. The van der Waals surface area contributed by atoms with Gasteiger partial charge in [0.15, 0.2) is 17.0 Å². The molecule has 0 unspecified atom stereocenters. The van der Waals surface area contributed by atoms with Crippen LogP contribution in [0.15, 0.2) is 6.33 Å². The number of imidazole rings is 1. The summed E-state index contributed by atoms with van der Waals surface area (Å²) in [6.07, 6.45) is 10.6. The van der Waals surface area contributed by atoms with Gasteiger partial charge in [0.1, 0.15) is 6.23 Å². The third kappa shape index (κ3) is 3.61. The van der Waals surface area contributed by atoms with Crippen molar-refractivity contribution in [3.63, 3.8) is 0 Å². The standard InChI is InChI=1S/C18H27N5O3/c19-16-15-17(23(11-20-15)14-7-6-13(10-24)26-14)22-18(21-16)25-9-8-12-4-2-1-3-5-12/h11-14,24H,1-10H2,(H2,19,21,22)/t13-,14+/m0/s1. The van der Waals surface area contributed by atoms with E-state index in [2.05, 4.69) is 15.0 Å². The molecule has 0 bridgehead atoms. The second-order valence-corrected chi connectivity index (χ2v) is 7.33. The Kier molecular flexibility index (Phi) is 5.21. The van der Waals surface area contributed by atoms with E-state index in [0.717, 1.165) is 25.2 Å². The van der Waals surface area contributed by atoms with Crippen molar-refractivity contribution in [1.29, 1.82) is 0 Å². The van der Waals surface area contributed by atoms with E-state index in [1.54, 1.807) is 6.33 Å². The SMILES string of the molecule is Nc1nc(OCCC2CCCCC2)nc2c1ncn2[C@H]1CC[C@@H](CO)O1. The van der Waals surface area contributed by atoms with Crippen molar-refractivity contribution in [2.45, 2.75) is 63.7 Å². The molecule has 26 heavy (non-hydrogen) atoms. The fraction of sp³-hybridized carbons (Fsp3) is 0.722. The van der Waals surface area contributed by atoms with Gasteiger partial charge in [-0.05, 0) is 25.2 Å². The lowest BCUT2D eigenvalue weighted by atomic mass is 9.87. The van der Waals surface area contributed by atoms with Gasteiger partial charge in [-0.3, -0.25) is 4.57 Å². The molecule has 2 aromatic heterocycles. The van der Waals surface area contributed by atoms with Crippen molar-refractivity contribution in [3.05, 3.63) is 6.33 Å². The molecule has 3 heterocycles. The van der Waals surface area contributed by atoms with Gasteiger partial charge in [0.25, 0.3) is 0 Å². The molecule has 0 radical (unpaired) electrons. The zero-order valence-electron chi connectivity index (χ0n) is 15.0. The van der Waals surface area contributed by atoms with Crippen LogP contribution in [0.3, 0.4) is 0 Å². The second-order valence-electron chi connectivity index (χ2n) is 7.33. The molecule has 142 valence electrons. The Morgan fingerprint density at radius 1 is 1.19 bits per heavy atom. The highest BCUT2D eigenvalue weighted by molar-refractivity contribution is 5.81. The summed E-state index contributed by atoms with van der Waals surface area (Å²) in [5, 5.41) is 9.27. The molecule has 0 amide bonds. The van der Waals surface area contributed by atoms with Crippen molar-refractivity contribution < 1.29 is 14.6 Å². The first-order valence-corrected chi connectivity index (χ1v) is 9.63. The van der Waals surface area contributed by atoms with Gasteiger partial charge < -0.3 is 20.3 Å². The van der Waals surface area contributed by atoms with Crippen LogP contribution in [0.5, 0.6) is 6.01 Å². The Bertz CT molecular complexity index is 744.